The third-order valence-corrected chi connectivity index (χ3v) is 3.26. The molecule has 0 aliphatic carbocycles. The number of carboxylic acid groups (broad SMARTS) is 1. The summed E-state index contributed by atoms with van der Waals surface area (Å²) in [7, 11) is 0. The molecule has 1 aromatic rings. The third-order valence-electron chi connectivity index (χ3n) is 3.26. The smallest absolute Gasteiger partial charge is 0.306 e. The van der Waals surface area contributed by atoms with Crippen molar-refractivity contribution in [3.05, 3.63) is 17.5 Å². The van der Waals surface area contributed by atoms with Crippen LogP contribution in [0.5, 0.6) is 0 Å². The molecule has 0 aromatic carbocycles. The number of aryl methyl sites for hydroxylation is 1. The lowest BCUT2D eigenvalue weighted by Gasteiger charge is -2.29. The molecule has 1 fully saturated rings. The summed E-state index contributed by atoms with van der Waals surface area (Å²) in [5.74, 6) is -0.615. The maximum atomic E-state index is 12.1. The van der Waals surface area contributed by atoms with E-state index < -0.39 is 5.97 Å². The van der Waals surface area contributed by atoms with Gasteiger partial charge in [0, 0.05) is 25.6 Å². The minimum absolute atomic E-state index is 0.178. The number of rotatable bonds is 3. The van der Waals surface area contributed by atoms with Gasteiger partial charge in [-0.25, -0.2) is 0 Å². The fourth-order valence-electron chi connectivity index (χ4n) is 2.07. The molecule has 1 amide bonds. The SMILES string of the molecule is CCc1cc(C(=O)N2CCC(C(=O)O)CC2)no1. The zero-order valence-corrected chi connectivity index (χ0v) is 10.3. The average molecular weight is 252 g/mol. The number of hydrogen-bond acceptors (Lipinski definition) is 4. The lowest BCUT2D eigenvalue weighted by atomic mass is 9.97. The monoisotopic (exact) mass is 252 g/mol. The van der Waals surface area contributed by atoms with E-state index in [0.29, 0.717) is 43.8 Å². The number of aromatic nitrogens is 1. The molecule has 1 aliphatic rings. The molecule has 0 spiro atoms. The van der Waals surface area contributed by atoms with Crippen LogP contribution < -0.4 is 0 Å². The van der Waals surface area contributed by atoms with E-state index in [9.17, 15) is 9.59 Å². The van der Waals surface area contributed by atoms with Crippen molar-refractivity contribution in [1.29, 1.82) is 0 Å². The van der Waals surface area contributed by atoms with Crippen molar-refractivity contribution in [2.24, 2.45) is 5.92 Å². The number of hydrogen-bond donors (Lipinski definition) is 1. The van der Waals surface area contributed by atoms with Crippen LogP contribution in [0, 0.1) is 5.92 Å². The Balaban J connectivity index is 1.97. The molecule has 1 N–H and O–H groups in total. The van der Waals surface area contributed by atoms with Gasteiger partial charge in [-0.3, -0.25) is 9.59 Å². The summed E-state index contributed by atoms with van der Waals surface area (Å²) in [4.78, 5) is 24.5. The highest BCUT2D eigenvalue weighted by atomic mass is 16.5. The van der Waals surface area contributed by atoms with E-state index in [0.717, 1.165) is 0 Å². The number of carboxylic acids is 1. The molecule has 0 bridgehead atoms. The Labute approximate surface area is 105 Å². The molecule has 98 valence electrons. The van der Waals surface area contributed by atoms with Gasteiger partial charge >= 0.3 is 5.97 Å². The van der Waals surface area contributed by atoms with Gasteiger partial charge in [0.25, 0.3) is 5.91 Å². The van der Waals surface area contributed by atoms with Crippen LogP contribution in [0.2, 0.25) is 0 Å². The number of piperidine rings is 1. The molecule has 1 saturated heterocycles. The largest absolute Gasteiger partial charge is 0.481 e. The van der Waals surface area contributed by atoms with Gasteiger partial charge in [0.2, 0.25) is 0 Å². The Hall–Kier alpha value is -1.85. The highest BCUT2D eigenvalue weighted by molar-refractivity contribution is 5.92. The zero-order chi connectivity index (χ0) is 13.1. The molecule has 0 saturated carbocycles. The molecule has 2 heterocycles. The molecule has 6 heteroatoms. The van der Waals surface area contributed by atoms with Crippen LogP contribution in [-0.4, -0.2) is 40.1 Å². The van der Waals surface area contributed by atoms with Gasteiger partial charge in [-0.05, 0) is 12.8 Å². The summed E-state index contributed by atoms with van der Waals surface area (Å²) in [5.41, 5.74) is 0.306. The van der Waals surface area contributed by atoms with E-state index in [2.05, 4.69) is 5.16 Å². The summed E-state index contributed by atoms with van der Waals surface area (Å²) >= 11 is 0. The Morgan fingerprint density at radius 1 is 1.50 bits per heavy atom. The zero-order valence-electron chi connectivity index (χ0n) is 10.3. The van der Waals surface area contributed by atoms with E-state index in [1.165, 1.54) is 0 Å². The van der Waals surface area contributed by atoms with Crippen LogP contribution in [0.4, 0.5) is 0 Å². The lowest BCUT2D eigenvalue weighted by molar-refractivity contribution is -0.143. The van der Waals surface area contributed by atoms with E-state index in [1.54, 1.807) is 11.0 Å². The molecule has 0 radical (unpaired) electrons. The number of carbonyl (C=O) groups excluding carboxylic acids is 1. The lowest BCUT2D eigenvalue weighted by Crippen LogP contribution is -2.40. The summed E-state index contributed by atoms with van der Waals surface area (Å²) in [6, 6.07) is 1.64. The molecular weight excluding hydrogens is 236 g/mol. The topological polar surface area (TPSA) is 83.6 Å². The molecular formula is C12H16N2O4. The van der Waals surface area contributed by atoms with Crippen molar-refractivity contribution in [3.63, 3.8) is 0 Å². The van der Waals surface area contributed by atoms with Crippen LogP contribution in [0.1, 0.15) is 36.0 Å². The van der Waals surface area contributed by atoms with Gasteiger partial charge in [-0.1, -0.05) is 12.1 Å². The number of nitrogens with zero attached hydrogens (tertiary/aromatic N) is 2. The number of aliphatic carboxylic acids is 1. The maximum Gasteiger partial charge on any atom is 0.306 e. The van der Waals surface area contributed by atoms with Crippen LogP contribution >= 0.6 is 0 Å². The highest BCUT2D eigenvalue weighted by Gasteiger charge is 2.28. The second-order valence-corrected chi connectivity index (χ2v) is 4.44. The first kappa shape index (κ1) is 12.6. The Kier molecular flexibility index (Phi) is 3.64. The van der Waals surface area contributed by atoms with Gasteiger partial charge in [0.1, 0.15) is 5.76 Å². The Morgan fingerprint density at radius 3 is 2.67 bits per heavy atom. The highest BCUT2D eigenvalue weighted by Crippen LogP contribution is 2.19. The molecule has 6 nitrogen and oxygen atoms in total. The summed E-state index contributed by atoms with van der Waals surface area (Å²) in [6.07, 6.45) is 1.69. The van der Waals surface area contributed by atoms with Crippen molar-refractivity contribution >= 4 is 11.9 Å². The van der Waals surface area contributed by atoms with Crippen LogP contribution in [-0.2, 0) is 11.2 Å². The van der Waals surface area contributed by atoms with Crippen molar-refractivity contribution < 1.29 is 19.2 Å². The quantitative estimate of drug-likeness (QED) is 0.873. The predicted molar refractivity (Wildman–Crippen MR) is 62.1 cm³/mol. The van der Waals surface area contributed by atoms with E-state index in [4.69, 9.17) is 9.63 Å². The van der Waals surface area contributed by atoms with E-state index in [1.807, 2.05) is 6.92 Å². The molecule has 18 heavy (non-hydrogen) atoms. The normalized spacial score (nSPS) is 16.8. The van der Waals surface area contributed by atoms with Gasteiger partial charge in [0.15, 0.2) is 5.69 Å². The summed E-state index contributed by atoms with van der Waals surface area (Å²) in [5, 5.41) is 12.6. The van der Waals surface area contributed by atoms with Gasteiger partial charge in [-0.15, -0.1) is 0 Å². The molecule has 1 aliphatic heterocycles. The third kappa shape index (κ3) is 2.52. The van der Waals surface area contributed by atoms with Gasteiger partial charge in [0.05, 0.1) is 5.92 Å². The fraction of sp³-hybridized carbons (Fsp3) is 0.583. The van der Waals surface area contributed by atoms with Crippen LogP contribution in [0.25, 0.3) is 0 Å². The second kappa shape index (κ2) is 5.20. The number of amides is 1. The molecule has 0 atom stereocenters. The first-order valence-electron chi connectivity index (χ1n) is 6.09. The van der Waals surface area contributed by atoms with Crippen LogP contribution in [0.15, 0.2) is 10.6 Å². The van der Waals surface area contributed by atoms with Crippen LogP contribution in [0.3, 0.4) is 0 Å². The Bertz CT molecular complexity index is 447. The Morgan fingerprint density at radius 2 is 2.17 bits per heavy atom. The number of likely N-dealkylation sites (tertiary alicyclic amines) is 1. The van der Waals surface area contributed by atoms with Gasteiger partial charge in [-0.2, -0.15) is 0 Å². The first-order chi connectivity index (χ1) is 8.61. The summed E-state index contributed by atoms with van der Waals surface area (Å²) < 4.78 is 4.99. The minimum Gasteiger partial charge on any atom is -0.481 e. The standard InChI is InChI=1S/C12H16N2O4/c1-2-9-7-10(13-18-9)11(15)14-5-3-8(4-6-14)12(16)17/h7-8H,2-6H2,1H3,(H,16,17). The number of carbonyl (C=O) groups is 2. The van der Waals surface area contributed by atoms with Crippen molar-refractivity contribution in [2.45, 2.75) is 26.2 Å². The molecule has 2 rings (SSSR count). The average Bonchev–Trinajstić information content (AvgIpc) is 2.86. The van der Waals surface area contributed by atoms with Gasteiger partial charge < -0.3 is 14.5 Å². The second-order valence-electron chi connectivity index (χ2n) is 4.44. The van der Waals surface area contributed by atoms with E-state index in [-0.39, 0.29) is 11.8 Å². The fourth-order valence-corrected chi connectivity index (χ4v) is 2.07. The van der Waals surface area contributed by atoms with Crippen molar-refractivity contribution in [2.75, 3.05) is 13.1 Å². The first-order valence-corrected chi connectivity index (χ1v) is 6.09. The minimum atomic E-state index is -0.781. The molecule has 0 unspecified atom stereocenters. The van der Waals surface area contributed by atoms with E-state index >= 15 is 0 Å². The van der Waals surface area contributed by atoms with Crippen molar-refractivity contribution in [1.82, 2.24) is 10.1 Å². The summed E-state index contributed by atoms with van der Waals surface area (Å²) in [6.45, 7) is 2.85. The maximum absolute atomic E-state index is 12.1. The molecule has 1 aromatic heterocycles. The predicted octanol–water partition coefficient (Wildman–Crippen LogP) is 1.17. The van der Waals surface area contributed by atoms with Crippen molar-refractivity contribution in [3.8, 4) is 0 Å².